The molecule has 12 heavy (non-hydrogen) atoms. The first kappa shape index (κ1) is 9.06. The van der Waals surface area contributed by atoms with Gasteiger partial charge in [-0.2, -0.15) is 0 Å². The first-order valence-electron chi connectivity index (χ1n) is 3.66. The Balaban J connectivity index is 2.29. The average Bonchev–Trinajstić information content (AvgIpc) is 2.35. The maximum absolute atomic E-state index is 10.4. The number of thiophene rings is 1. The maximum Gasteiger partial charge on any atom is 0.302 e. The number of ether oxygens (including phenoxy) is 1. The normalized spacial score (nSPS) is 9.75. The topological polar surface area (TPSA) is 52.3 Å². The van der Waals surface area contributed by atoms with Gasteiger partial charge in [0.2, 0.25) is 0 Å². The Labute approximate surface area is 75.1 Å². The van der Waals surface area contributed by atoms with Crippen LogP contribution in [0.5, 0.6) is 0 Å². The molecular weight excluding hydrogens is 174 g/mol. The van der Waals surface area contributed by atoms with E-state index in [2.05, 4.69) is 0 Å². The van der Waals surface area contributed by atoms with Crippen molar-refractivity contribution in [3.63, 3.8) is 0 Å². The molecule has 0 radical (unpaired) electrons. The zero-order valence-electron chi connectivity index (χ0n) is 6.87. The average molecular weight is 185 g/mol. The molecule has 0 aliphatic carbocycles. The highest BCUT2D eigenvalue weighted by Gasteiger charge is 1.98. The number of nitrogen functional groups attached to an aromatic ring is 1. The molecule has 0 saturated carbocycles. The third kappa shape index (κ3) is 2.92. The van der Waals surface area contributed by atoms with Gasteiger partial charge in [0, 0.05) is 18.2 Å². The summed E-state index contributed by atoms with van der Waals surface area (Å²) in [6, 6.07) is 3.80. The van der Waals surface area contributed by atoms with Crippen LogP contribution in [0.2, 0.25) is 0 Å². The molecule has 0 atom stereocenters. The van der Waals surface area contributed by atoms with Crippen LogP contribution in [0, 0.1) is 0 Å². The summed E-state index contributed by atoms with van der Waals surface area (Å²) in [7, 11) is 0. The van der Waals surface area contributed by atoms with E-state index >= 15 is 0 Å². The SMILES string of the molecule is CC(=O)OCCc1ccc(N)s1. The molecule has 0 fully saturated rings. The van der Waals surface area contributed by atoms with Crippen LogP contribution in [0.25, 0.3) is 0 Å². The molecule has 4 heteroatoms. The zero-order chi connectivity index (χ0) is 8.97. The van der Waals surface area contributed by atoms with Crippen LogP contribution in [0.3, 0.4) is 0 Å². The lowest BCUT2D eigenvalue weighted by Gasteiger charge is -1.98. The van der Waals surface area contributed by atoms with E-state index in [1.54, 1.807) is 0 Å². The Hall–Kier alpha value is -1.03. The van der Waals surface area contributed by atoms with E-state index in [1.165, 1.54) is 18.3 Å². The van der Waals surface area contributed by atoms with Crippen molar-refractivity contribution in [2.24, 2.45) is 0 Å². The first-order chi connectivity index (χ1) is 5.68. The summed E-state index contributed by atoms with van der Waals surface area (Å²) >= 11 is 1.53. The second kappa shape index (κ2) is 4.11. The largest absolute Gasteiger partial charge is 0.465 e. The Kier molecular flexibility index (Phi) is 3.10. The van der Waals surface area contributed by atoms with Gasteiger partial charge >= 0.3 is 5.97 Å². The second-order valence-electron chi connectivity index (χ2n) is 2.39. The predicted molar refractivity (Wildman–Crippen MR) is 49.1 cm³/mol. The molecule has 1 rings (SSSR count). The zero-order valence-corrected chi connectivity index (χ0v) is 7.69. The van der Waals surface area contributed by atoms with Crippen molar-refractivity contribution in [2.75, 3.05) is 12.3 Å². The third-order valence-electron chi connectivity index (χ3n) is 1.34. The highest BCUT2D eigenvalue weighted by atomic mass is 32.1. The van der Waals surface area contributed by atoms with Gasteiger partial charge in [-0.05, 0) is 12.1 Å². The van der Waals surface area contributed by atoms with E-state index in [4.69, 9.17) is 10.5 Å². The molecule has 3 nitrogen and oxygen atoms in total. The third-order valence-corrected chi connectivity index (χ3v) is 2.31. The van der Waals surface area contributed by atoms with Gasteiger partial charge in [-0.3, -0.25) is 4.79 Å². The van der Waals surface area contributed by atoms with Crippen molar-refractivity contribution >= 4 is 22.3 Å². The van der Waals surface area contributed by atoms with E-state index in [9.17, 15) is 4.79 Å². The molecule has 0 aliphatic heterocycles. The summed E-state index contributed by atoms with van der Waals surface area (Å²) in [5.74, 6) is -0.237. The van der Waals surface area contributed by atoms with Crippen LogP contribution >= 0.6 is 11.3 Å². The van der Waals surface area contributed by atoms with Crippen LogP contribution in [-0.2, 0) is 16.0 Å². The number of carbonyl (C=O) groups excluding carboxylic acids is 1. The molecule has 66 valence electrons. The van der Waals surface area contributed by atoms with Gasteiger partial charge < -0.3 is 10.5 Å². The minimum absolute atomic E-state index is 0.237. The van der Waals surface area contributed by atoms with Crippen LogP contribution < -0.4 is 5.73 Å². The molecule has 0 amide bonds. The molecule has 2 N–H and O–H groups in total. The van der Waals surface area contributed by atoms with Crippen molar-refractivity contribution in [3.05, 3.63) is 17.0 Å². The minimum Gasteiger partial charge on any atom is -0.465 e. The smallest absolute Gasteiger partial charge is 0.302 e. The number of rotatable bonds is 3. The van der Waals surface area contributed by atoms with Crippen LogP contribution in [-0.4, -0.2) is 12.6 Å². The Morgan fingerprint density at radius 1 is 1.67 bits per heavy atom. The molecule has 1 heterocycles. The second-order valence-corrected chi connectivity index (χ2v) is 3.59. The van der Waals surface area contributed by atoms with Crippen molar-refractivity contribution < 1.29 is 9.53 Å². The van der Waals surface area contributed by atoms with Crippen LogP contribution in [0.4, 0.5) is 5.00 Å². The van der Waals surface area contributed by atoms with E-state index in [-0.39, 0.29) is 5.97 Å². The number of hydrogen-bond donors (Lipinski definition) is 1. The van der Waals surface area contributed by atoms with Gasteiger partial charge in [0.15, 0.2) is 0 Å². The Morgan fingerprint density at radius 3 is 2.92 bits per heavy atom. The lowest BCUT2D eigenvalue weighted by atomic mass is 10.4. The van der Waals surface area contributed by atoms with Crippen molar-refractivity contribution in [1.82, 2.24) is 0 Å². The van der Waals surface area contributed by atoms with Crippen LogP contribution in [0.1, 0.15) is 11.8 Å². The molecule has 0 bridgehead atoms. The highest BCUT2D eigenvalue weighted by Crippen LogP contribution is 2.18. The summed E-state index contributed by atoms with van der Waals surface area (Å²) in [4.78, 5) is 11.5. The van der Waals surface area contributed by atoms with E-state index < -0.39 is 0 Å². The standard InChI is InChI=1S/C8H11NO2S/c1-6(10)11-5-4-7-2-3-8(9)12-7/h2-3H,4-5,9H2,1H3. The quantitative estimate of drug-likeness (QED) is 0.725. The van der Waals surface area contributed by atoms with Gasteiger partial charge in [-0.15, -0.1) is 11.3 Å². The van der Waals surface area contributed by atoms with E-state index in [0.29, 0.717) is 6.61 Å². The van der Waals surface area contributed by atoms with Crippen LogP contribution in [0.15, 0.2) is 12.1 Å². The Morgan fingerprint density at radius 2 is 2.42 bits per heavy atom. The molecule has 1 aromatic heterocycles. The molecule has 0 aromatic carbocycles. The van der Waals surface area contributed by atoms with Crippen molar-refractivity contribution in [2.45, 2.75) is 13.3 Å². The molecule has 1 aromatic rings. The maximum atomic E-state index is 10.4. The minimum atomic E-state index is -0.237. The fourth-order valence-electron chi connectivity index (χ4n) is 0.824. The number of esters is 1. The number of nitrogens with two attached hydrogens (primary N) is 1. The fourth-order valence-corrected chi connectivity index (χ4v) is 1.58. The number of carbonyl (C=O) groups is 1. The highest BCUT2D eigenvalue weighted by molar-refractivity contribution is 7.15. The van der Waals surface area contributed by atoms with Gasteiger partial charge in [0.25, 0.3) is 0 Å². The molecule has 0 aliphatic rings. The summed E-state index contributed by atoms with van der Waals surface area (Å²) in [5, 5.41) is 0.799. The summed E-state index contributed by atoms with van der Waals surface area (Å²) in [5.41, 5.74) is 5.52. The lowest BCUT2D eigenvalue weighted by Crippen LogP contribution is -2.01. The fraction of sp³-hybridized carbons (Fsp3) is 0.375. The molecule has 0 unspecified atom stereocenters. The summed E-state index contributed by atoms with van der Waals surface area (Å²) < 4.78 is 4.78. The number of anilines is 1. The van der Waals surface area contributed by atoms with Gasteiger partial charge in [0.05, 0.1) is 11.6 Å². The molecule has 0 saturated heterocycles. The number of hydrogen-bond acceptors (Lipinski definition) is 4. The lowest BCUT2D eigenvalue weighted by molar-refractivity contribution is -0.140. The molecular formula is C8H11NO2S. The molecule has 0 spiro atoms. The monoisotopic (exact) mass is 185 g/mol. The van der Waals surface area contributed by atoms with Gasteiger partial charge in [-0.25, -0.2) is 0 Å². The van der Waals surface area contributed by atoms with Gasteiger partial charge in [0.1, 0.15) is 0 Å². The van der Waals surface area contributed by atoms with E-state index in [0.717, 1.165) is 16.3 Å². The summed E-state index contributed by atoms with van der Waals surface area (Å²) in [6.45, 7) is 1.85. The van der Waals surface area contributed by atoms with E-state index in [1.807, 2.05) is 12.1 Å². The summed E-state index contributed by atoms with van der Waals surface area (Å²) in [6.07, 6.45) is 0.751. The van der Waals surface area contributed by atoms with Crippen molar-refractivity contribution in [3.8, 4) is 0 Å². The Bertz CT molecular complexity index is 270. The van der Waals surface area contributed by atoms with Gasteiger partial charge in [-0.1, -0.05) is 0 Å². The first-order valence-corrected chi connectivity index (χ1v) is 4.47. The van der Waals surface area contributed by atoms with Crippen molar-refractivity contribution in [1.29, 1.82) is 0 Å². The predicted octanol–water partition coefficient (Wildman–Crippen LogP) is 1.44.